The second-order valence-electron chi connectivity index (χ2n) is 7.88. The molecule has 1 aromatic heterocycles. The largest absolute Gasteiger partial charge is 0.460 e. The lowest BCUT2D eigenvalue weighted by molar-refractivity contribution is -0.143. The first-order valence-corrected chi connectivity index (χ1v) is 11.8. The predicted molar refractivity (Wildman–Crippen MR) is 123 cm³/mol. The molecule has 13 heteroatoms. The number of rotatable bonds is 8. The van der Waals surface area contributed by atoms with Gasteiger partial charge in [-0.25, -0.2) is 23.3 Å². The molecule has 2 atom stereocenters. The summed E-state index contributed by atoms with van der Waals surface area (Å²) < 4.78 is 42.5. The summed E-state index contributed by atoms with van der Waals surface area (Å²) in [7, 11) is -0.617. The van der Waals surface area contributed by atoms with Crippen molar-refractivity contribution in [2.45, 2.75) is 24.3 Å². The summed E-state index contributed by atoms with van der Waals surface area (Å²) in [5.41, 5.74) is 0.508. The van der Waals surface area contributed by atoms with Gasteiger partial charge < -0.3 is 4.74 Å². The molecule has 1 unspecified atom stereocenters. The fourth-order valence-electron chi connectivity index (χ4n) is 3.00. The highest BCUT2D eigenvalue weighted by Gasteiger charge is 2.52. The van der Waals surface area contributed by atoms with Gasteiger partial charge in [0.1, 0.15) is 11.9 Å². The maximum atomic E-state index is 14.6. The van der Waals surface area contributed by atoms with E-state index in [1.165, 1.54) is 11.5 Å². The van der Waals surface area contributed by atoms with Crippen LogP contribution in [-0.2, 0) is 30.7 Å². The Kier molecular flexibility index (Phi) is 8.71. The SMILES string of the molecule is CN(C)CC#CC#Cc1cc2ncn(CC(OC=O)[C@](C)(C(=O)NO)S(C)(=O)=O)c(=O)c2cc1F. The maximum Gasteiger partial charge on any atom is 0.293 e. The molecule has 0 bridgehead atoms. The molecule has 0 radical (unpaired) electrons. The molecule has 0 spiro atoms. The van der Waals surface area contributed by atoms with Crippen molar-refractivity contribution >= 4 is 33.1 Å². The van der Waals surface area contributed by atoms with E-state index in [2.05, 4.69) is 28.7 Å². The van der Waals surface area contributed by atoms with E-state index in [1.54, 1.807) is 0 Å². The quantitative estimate of drug-likeness (QED) is 0.205. The van der Waals surface area contributed by atoms with E-state index in [4.69, 9.17) is 9.94 Å². The maximum absolute atomic E-state index is 14.6. The van der Waals surface area contributed by atoms with Crippen LogP contribution in [0.4, 0.5) is 4.39 Å². The Labute approximate surface area is 200 Å². The number of hydrogen-bond acceptors (Lipinski definition) is 9. The van der Waals surface area contributed by atoms with Crippen molar-refractivity contribution in [3.63, 3.8) is 0 Å². The number of hydroxylamine groups is 1. The van der Waals surface area contributed by atoms with Gasteiger partial charge in [0.05, 0.1) is 35.9 Å². The van der Waals surface area contributed by atoms with Crippen LogP contribution < -0.4 is 11.0 Å². The summed E-state index contributed by atoms with van der Waals surface area (Å²) in [6, 6.07) is 2.18. The van der Waals surface area contributed by atoms with Crippen LogP contribution in [0.5, 0.6) is 0 Å². The Balaban J connectivity index is 2.52. The second-order valence-corrected chi connectivity index (χ2v) is 10.3. The van der Waals surface area contributed by atoms with Crippen LogP contribution in [0.2, 0.25) is 0 Å². The number of amides is 1. The van der Waals surface area contributed by atoms with Crippen LogP contribution in [0.1, 0.15) is 12.5 Å². The molecule has 11 nitrogen and oxygen atoms in total. The number of carbonyl (C=O) groups excluding carboxylic acids is 2. The number of nitrogens with one attached hydrogen (secondary N) is 1. The van der Waals surface area contributed by atoms with Crippen LogP contribution in [-0.4, -0.2) is 78.2 Å². The van der Waals surface area contributed by atoms with Crippen molar-refractivity contribution in [1.29, 1.82) is 0 Å². The fourth-order valence-corrected chi connectivity index (χ4v) is 3.99. The van der Waals surface area contributed by atoms with Gasteiger partial charge >= 0.3 is 0 Å². The summed E-state index contributed by atoms with van der Waals surface area (Å²) in [5, 5.41) is 8.87. The van der Waals surface area contributed by atoms with Crippen LogP contribution in [0, 0.1) is 29.5 Å². The van der Waals surface area contributed by atoms with Crippen LogP contribution in [0.3, 0.4) is 0 Å². The number of ether oxygens (including phenoxy) is 1. The molecule has 0 aliphatic rings. The third-order valence-electron chi connectivity index (χ3n) is 5.18. The van der Waals surface area contributed by atoms with E-state index >= 15 is 0 Å². The first-order valence-electron chi connectivity index (χ1n) is 9.92. The van der Waals surface area contributed by atoms with E-state index in [0.717, 1.165) is 23.9 Å². The zero-order valence-corrected chi connectivity index (χ0v) is 20.1. The molecule has 186 valence electrons. The van der Waals surface area contributed by atoms with E-state index in [1.807, 2.05) is 19.0 Å². The van der Waals surface area contributed by atoms with Crippen LogP contribution in [0.25, 0.3) is 10.9 Å². The highest BCUT2D eigenvalue weighted by molar-refractivity contribution is 7.92. The van der Waals surface area contributed by atoms with E-state index in [0.29, 0.717) is 12.8 Å². The summed E-state index contributed by atoms with van der Waals surface area (Å²) in [4.78, 5) is 42.1. The van der Waals surface area contributed by atoms with Crippen molar-refractivity contribution in [2.24, 2.45) is 0 Å². The molecule has 0 saturated heterocycles. The van der Waals surface area contributed by atoms with Crippen molar-refractivity contribution in [1.82, 2.24) is 19.9 Å². The number of nitrogens with zero attached hydrogens (tertiary/aromatic N) is 3. The first-order chi connectivity index (χ1) is 16.4. The zero-order valence-electron chi connectivity index (χ0n) is 19.3. The third-order valence-corrected chi connectivity index (χ3v) is 7.16. The number of fused-ring (bicyclic) bond motifs is 1. The Hall–Kier alpha value is -3.78. The predicted octanol–water partition coefficient (Wildman–Crippen LogP) is -0.698. The van der Waals surface area contributed by atoms with Gasteiger partial charge in [-0.1, -0.05) is 5.92 Å². The number of aromatic nitrogens is 2. The molecule has 0 fully saturated rings. The number of sulfone groups is 1. The minimum Gasteiger partial charge on any atom is -0.460 e. The third kappa shape index (κ3) is 6.02. The van der Waals surface area contributed by atoms with Crippen molar-refractivity contribution in [2.75, 3.05) is 26.9 Å². The fraction of sp³-hybridized carbons (Fsp3) is 0.364. The molecule has 1 heterocycles. The van der Waals surface area contributed by atoms with Gasteiger partial charge in [0, 0.05) is 6.26 Å². The topological polar surface area (TPSA) is 148 Å². The monoisotopic (exact) mass is 506 g/mol. The summed E-state index contributed by atoms with van der Waals surface area (Å²) in [6.45, 7) is 0.670. The summed E-state index contributed by atoms with van der Waals surface area (Å²) in [5.74, 6) is 8.26. The van der Waals surface area contributed by atoms with Crippen molar-refractivity contribution < 1.29 is 32.3 Å². The number of carbonyl (C=O) groups is 2. The van der Waals surface area contributed by atoms with E-state index < -0.39 is 44.5 Å². The molecule has 35 heavy (non-hydrogen) atoms. The van der Waals surface area contributed by atoms with Gasteiger partial charge in [-0.05, 0) is 50.9 Å². The summed E-state index contributed by atoms with van der Waals surface area (Å²) in [6.07, 6.45) is -0.0137. The van der Waals surface area contributed by atoms with E-state index in [9.17, 15) is 27.2 Å². The molecule has 2 rings (SSSR count). The number of hydrogen-bond donors (Lipinski definition) is 2. The van der Waals surface area contributed by atoms with Gasteiger partial charge in [-0.15, -0.1) is 0 Å². The highest BCUT2D eigenvalue weighted by atomic mass is 32.2. The normalized spacial score (nSPS) is 13.6. The average Bonchev–Trinajstić information content (AvgIpc) is 2.78. The molecule has 0 saturated carbocycles. The highest BCUT2D eigenvalue weighted by Crippen LogP contribution is 2.25. The van der Waals surface area contributed by atoms with Crippen molar-refractivity contribution in [3.05, 3.63) is 40.2 Å². The van der Waals surface area contributed by atoms with Gasteiger partial charge in [0.2, 0.25) is 0 Å². The lowest BCUT2D eigenvalue weighted by atomic mass is 10.0. The molecule has 0 aliphatic carbocycles. The Morgan fingerprint density at radius 1 is 1.40 bits per heavy atom. The van der Waals surface area contributed by atoms with Crippen LogP contribution in [0.15, 0.2) is 23.3 Å². The smallest absolute Gasteiger partial charge is 0.293 e. The summed E-state index contributed by atoms with van der Waals surface area (Å²) >= 11 is 0. The van der Waals surface area contributed by atoms with E-state index in [-0.39, 0.29) is 22.9 Å². The Morgan fingerprint density at radius 2 is 2.09 bits per heavy atom. The molecular weight excluding hydrogens is 483 g/mol. The first kappa shape index (κ1) is 27.5. The second kappa shape index (κ2) is 11.1. The molecule has 1 aromatic carbocycles. The molecule has 2 aromatic rings. The molecular formula is C22H23FN4O7S. The Morgan fingerprint density at radius 3 is 2.66 bits per heavy atom. The van der Waals surface area contributed by atoms with Crippen LogP contribution >= 0.6 is 0 Å². The molecule has 1 amide bonds. The minimum atomic E-state index is -4.28. The lowest BCUT2D eigenvalue weighted by Crippen LogP contribution is -2.59. The van der Waals surface area contributed by atoms with Gasteiger partial charge in [0.25, 0.3) is 17.9 Å². The lowest BCUT2D eigenvalue weighted by Gasteiger charge is -2.32. The standard InChI is InChI=1S/C22H23FN4O7S/c1-22(21(30)25-31,35(4,32)33)19(34-14-28)12-27-13-24-18-10-15(8-6-5-7-9-26(2)3)17(23)11-16(18)20(27)29/h10-11,13-14,19,31H,9,12H2,1-4H3,(H,25,30)/t19?,22-/m1/s1. The van der Waals surface area contributed by atoms with Gasteiger partial charge in [-0.2, -0.15) is 0 Å². The van der Waals surface area contributed by atoms with Crippen molar-refractivity contribution in [3.8, 4) is 23.7 Å². The molecule has 2 N–H and O–H groups in total. The number of benzene rings is 1. The van der Waals surface area contributed by atoms with Gasteiger partial charge in [-0.3, -0.25) is 29.1 Å². The van der Waals surface area contributed by atoms with Gasteiger partial charge in [0.15, 0.2) is 14.6 Å². The number of halogens is 1. The molecule has 0 aliphatic heterocycles. The Bertz CT molecular complexity index is 1430. The zero-order chi connectivity index (χ0) is 26.4. The minimum absolute atomic E-state index is 0.0345. The average molecular weight is 507 g/mol.